The van der Waals surface area contributed by atoms with Crippen LogP contribution in [-0.4, -0.2) is 21.1 Å². The number of hydrogen-bond donors (Lipinski definition) is 2. The summed E-state index contributed by atoms with van der Waals surface area (Å²) in [4.78, 5) is 18.8. The Bertz CT molecular complexity index is 354. The van der Waals surface area contributed by atoms with Crippen LogP contribution in [0.25, 0.3) is 0 Å². The molecular formula is C10H13NO5. The maximum Gasteiger partial charge on any atom is 0.300 e. The van der Waals surface area contributed by atoms with Crippen molar-refractivity contribution in [2.75, 3.05) is 0 Å². The zero-order valence-corrected chi connectivity index (χ0v) is 8.95. The third-order valence-corrected chi connectivity index (χ3v) is 1.59. The van der Waals surface area contributed by atoms with E-state index in [9.17, 15) is 10.1 Å². The molecule has 16 heavy (non-hydrogen) atoms. The first kappa shape index (κ1) is 14.1. The van der Waals surface area contributed by atoms with E-state index in [0.29, 0.717) is 5.56 Å². The quantitative estimate of drug-likeness (QED) is 0.592. The molecule has 6 heteroatoms. The first-order valence-corrected chi connectivity index (χ1v) is 4.46. The molecule has 0 fully saturated rings. The standard InChI is InChI=1S/C8H9NO3.C2H4O2/c1-6(10)7-2-4-8(5-3-7)9(11)12;1-2(3)4/h2-6,10H,1H3;1H3,(H,3,4). The molecule has 0 aliphatic heterocycles. The third kappa shape index (κ3) is 5.71. The minimum Gasteiger partial charge on any atom is -0.481 e. The van der Waals surface area contributed by atoms with Crippen LogP contribution in [0.3, 0.4) is 0 Å². The van der Waals surface area contributed by atoms with Gasteiger partial charge < -0.3 is 10.2 Å². The lowest BCUT2D eigenvalue weighted by Crippen LogP contribution is -1.92. The summed E-state index contributed by atoms with van der Waals surface area (Å²) >= 11 is 0. The number of carbonyl (C=O) groups is 1. The fourth-order valence-electron chi connectivity index (χ4n) is 0.875. The number of carboxylic acids is 1. The molecule has 0 saturated carbocycles. The molecule has 88 valence electrons. The van der Waals surface area contributed by atoms with E-state index in [2.05, 4.69) is 0 Å². The molecular weight excluding hydrogens is 214 g/mol. The Kier molecular flexibility index (Phi) is 5.72. The number of carboxylic acid groups (broad SMARTS) is 1. The zero-order valence-electron chi connectivity index (χ0n) is 8.95. The molecule has 2 N–H and O–H groups in total. The minimum absolute atomic E-state index is 0.0411. The minimum atomic E-state index is -0.833. The first-order valence-electron chi connectivity index (χ1n) is 4.46. The zero-order chi connectivity index (χ0) is 12.7. The van der Waals surface area contributed by atoms with Crippen LogP contribution in [0.2, 0.25) is 0 Å². The van der Waals surface area contributed by atoms with E-state index < -0.39 is 17.0 Å². The highest BCUT2D eigenvalue weighted by Gasteiger charge is 2.05. The van der Waals surface area contributed by atoms with Crippen LogP contribution in [0.1, 0.15) is 25.5 Å². The van der Waals surface area contributed by atoms with Gasteiger partial charge in [0.15, 0.2) is 0 Å². The molecule has 1 unspecified atom stereocenters. The van der Waals surface area contributed by atoms with Crippen molar-refractivity contribution < 1.29 is 19.9 Å². The molecule has 1 aromatic rings. The van der Waals surface area contributed by atoms with Gasteiger partial charge in [0.2, 0.25) is 0 Å². The Hall–Kier alpha value is -1.95. The Morgan fingerprint density at radius 1 is 1.38 bits per heavy atom. The highest BCUT2D eigenvalue weighted by Crippen LogP contribution is 2.16. The average Bonchev–Trinajstić information content (AvgIpc) is 2.17. The Balaban J connectivity index is 0.000000487. The maximum absolute atomic E-state index is 10.2. The van der Waals surface area contributed by atoms with E-state index in [1.54, 1.807) is 19.1 Å². The third-order valence-electron chi connectivity index (χ3n) is 1.59. The molecule has 0 aliphatic carbocycles. The summed E-state index contributed by atoms with van der Waals surface area (Å²) in [5.41, 5.74) is 0.722. The van der Waals surface area contributed by atoms with Gasteiger partial charge in [-0.15, -0.1) is 0 Å². The summed E-state index contributed by atoms with van der Waals surface area (Å²) in [5.74, 6) is -0.833. The number of benzene rings is 1. The number of rotatable bonds is 2. The van der Waals surface area contributed by atoms with E-state index >= 15 is 0 Å². The monoisotopic (exact) mass is 227 g/mol. The molecule has 0 aromatic heterocycles. The van der Waals surface area contributed by atoms with Gasteiger partial charge in [0.25, 0.3) is 11.7 Å². The van der Waals surface area contributed by atoms with Gasteiger partial charge in [-0.05, 0) is 24.6 Å². The van der Waals surface area contributed by atoms with Crippen molar-refractivity contribution in [1.82, 2.24) is 0 Å². The number of nitro benzene ring substituents is 1. The normalized spacial score (nSPS) is 10.9. The second-order valence-electron chi connectivity index (χ2n) is 3.04. The van der Waals surface area contributed by atoms with Crippen molar-refractivity contribution >= 4 is 11.7 Å². The summed E-state index contributed by atoms with van der Waals surface area (Å²) in [6, 6.07) is 5.84. The molecule has 6 nitrogen and oxygen atoms in total. The molecule has 0 radical (unpaired) electrons. The first-order chi connectivity index (χ1) is 7.34. The topological polar surface area (TPSA) is 101 Å². The smallest absolute Gasteiger partial charge is 0.300 e. The van der Waals surface area contributed by atoms with Gasteiger partial charge in [0.1, 0.15) is 0 Å². The summed E-state index contributed by atoms with van der Waals surface area (Å²) in [6.07, 6.45) is -0.578. The average molecular weight is 227 g/mol. The van der Waals surface area contributed by atoms with Gasteiger partial charge in [0, 0.05) is 19.1 Å². The van der Waals surface area contributed by atoms with Crippen molar-refractivity contribution in [2.24, 2.45) is 0 Å². The molecule has 0 spiro atoms. The molecule has 1 rings (SSSR count). The summed E-state index contributed by atoms with van der Waals surface area (Å²) in [5, 5.41) is 26.7. The second kappa shape index (κ2) is 6.52. The van der Waals surface area contributed by atoms with Crippen LogP contribution in [0.15, 0.2) is 24.3 Å². The predicted molar refractivity (Wildman–Crippen MR) is 57.0 cm³/mol. The lowest BCUT2D eigenvalue weighted by atomic mass is 10.1. The Morgan fingerprint density at radius 2 is 1.75 bits per heavy atom. The van der Waals surface area contributed by atoms with Crippen LogP contribution in [0, 0.1) is 10.1 Å². The summed E-state index contributed by atoms with van der Waals surface area (Å²) in [7, 11) is 0. The van der Waals surface area contributed by atoms with E-state index in [4.69, 9.17) is 15.0 Å². The second-order valence-corrected chi connectivity index (χ2v) is 3.04. The van der Waals surface area contributed by atoms with Crippen molar-refractivity contribution in [3.8, 4) is 0 Å². The number of nitro groups is 1. The van der Waals surface area contributed by atoms with Crippen LogP contribution in [0.4, 0.5) is 5.69 Å². The number of aliphatic hydroxyl groups is 1. The van der Waals surface area contributed by atoms with E-state index in [-0.39, 0.29) is 5.69 Å². The van der Waals surface area contributed by atoms with Crippen LogP contribution < -0.4 is 0 Å². The maximum atomic E-state index is 10.2. The van der Waals surface area contributed by atoms with Crippen molar-refractivity contribution in [3.63, 3.8) is 0 Å². The number of aliphatic carboxylic acids is 1. The SMILES string of the molecule is CC(=O)O.CC(O)c1ccc([N+](=O)[O-])cc1. The number of hydrogen-bond acceptors (Lipinski definition) is 4. The van der Waals surface area contributed by atoms with Gasteiger partial charge >= 0.3 is 0 Å². The van der Waals surface area contributed by atoms with Gasteiger partial charge in [0.05, 0.1) is 11.0 Å². The van der Waals surface area contributed by atoms with E-state index in [1.807, 2.05) is 0 Å². The summed E-state index contributed by atoms with van der Waals surface area (Å²) < 4.78 is 0. The Labute approximate surface area is 92.3 Å². The summed E-state index contributed by atoms with van der Waals surface area (Å²) in [6.45, 7) is 2.70. The molecule has 1 aromatic carbocycles. The fourth-order valence-corrected chi connectivity index (χ4v) is 0.875. The lowest BCUT2D eigenvalue weighted by molar-refractivity contribution is -0.384. The molecule has 0 aliphatic rings. The number of nitrogens with zero attached hydrogens (tertiary/aromatic N) is 1. The number of aliphatic hydroxyl groups excluding tert-OH is 1. The van der Waals surface area contributed by atoms with E-state index in [0.717, 1.165) is 6.92 Å². The van der Waals surface area contributed by atoms with Crippen molar-refractivity contribution in [2.45, 2.75) is 20.0 Å². The van der Waals surface area contributed by atoms with Gasteiger partial charge in [-0.25, -0.2) is 0 Å². The molecule has 0 heterocycles. The van der Waals surface area contributed by atoms with Gasteiger partial charge in [-0.2, -0.15) is 0 Å². The molecule has 1 atom stereocenters. The highest BCUT2D eigenvalue weighted by atomic mass is 16.6. The van der Waals surface area contributed by atoms with E-state index in [1.165, 1.54) is 12.1 Å². The van der Waals surface area contributed by atoms with Crippen molar-refractivity contribution in [3.05, 3.63) is 39.9 Å². The Morgan fingerprint density at radius 3 is 2.00 bits per heavy atom. The van der Waals surface area contributed by atoms with Crippen LogP contribution in [0.5, 0.6) is 0 Å². The van der Waals surface area contributed by atoms with Crippen molar-refractivity contribution in [1.29, 1.82) is 0 Å². The molecule has 0 bridgehead atoms. The molecule has 0 amide bonds. The molecule has 0 saturated heterocycles. The lowest BCUT2D eigenvalue weighted by Gasteiger charge is -2.02. The fraction of sp³-hybridized carbons (Fsp3) is 0.300. The van der Waals surface area contributed by atoms with Crippen LogP contribution >= 0.6 is 0 Å². The van der Waals surface area contributed by atoms with Crippen LogP contribution in [-0.2, 0) is 4.79 Å². The predicted octanol–water partition coefficient (Wildman–Crippen LogP) is 1.74. The number of non-ortho nitro benzene ring substituents is 1. The highest BCUT2D eigenvalue weighted by molar-refractivity contribution is 5.62. The van der Waals surface area contributed by atoms with Gasteiger partial charge in [-0.3, -0.25) is 14.9 Å². The largest absolute Gasteiger partial charge is 0.481 e. The van der Waals surface area contributed by atoms with Gasteiger partial charge in [-0.1, -0.05) is 0 Å².